The molecule has 0 spiro atoms. The topological polar surface area (TPSA) is 84.7 Å². The van der Waals surface area contributed by atoms with E-state index in [0.29, 0.717) is 32.0 Å². The molecule has 2 saturated heterocycles. The van der Waals surface area contributed by atoms with Crippen molar-refractivity contribution in [3.05, 3.63) is 11.9 Å². The summed E-state index contributed by atoms with van der Waals surface area (Å²) in [6, 6.07) is 0. The van der Waals surface area contributed by atoms with Crippen LogP contribution in [0, 0.1) is 5.92 Å². The number of hydrogen-bond donors (Lipinski definition) is 0. The van der Waals surface area contributed by atoms with Gasteiger partial charge in [-0.3, -0.25) is 9.69 Å². The summed E-state index contributed by atoms with van der Waals surface area (Å²) in [6.45, 7) is 5.49. The number of carbonyl (C=O) groups is 1. The van der Waals surface area contributed by atoms with Crippen LogP contribution in [0.4, 0.5) is 0 Å². The van der Waals surface area contributed by atoms with Crippen molar-refractivity contribution < 1.29 is 17.9 Å². The Morgan fingerprint density at radius 1 is 1.29 bits per heavy atom. The van der Waals surface area contributed by atoms with Gasteiger partial charge in [0.1, 0.15) is 0 Å². The molecule has 2 aliphatic rings. The molecule has 2 fully saturated rings. The SMILES string of the molecule is COCCCn1c(CN2CCCC(CN3CCCC3=O)C2)cnc1S(C)(=O)=O. The van der Waals surface area contributed by atoms with Gasteiger partial charge in [-0.25, -0.2) is 13.4 Å². The average molecular weight is 413 g/mol. The highest BCUT2D eigenvalue weighted by molar-refractivity contribution is 7.90. The number of carbonyl (C=O) groups excluding carboxylic acids is 1. The highest BCUT2D eigenvalue weighted by Crippen LogP contribution is 2.23. The lowest BCUT2D eigenvalue weighted by Crippen LogP contribution is -2.41. The predicted molar refractivity (Wildman–Crippen MR) is 106 cm³/mol. The third-order valence-electron chi connectivity index (χ3n) is 5.60. The second-order valence-electron chi connectivity index (χ2n) is 7.99. The lowest BCUT2D eigenvalue weighted by molar-refractivity contribution is -0.128. The van der Waals surface area contributed by atoms with Gasteiger partial charge >= 0.3 is 0 Å². The number of aromatic nitrogens is 2. The van der Waals surface area contributed by atoms with Gasteiger partial charge in [0.25, 0.3) is 0 Å². The summed E-state index contributed by atoms with van der Waals surface area (Å²) in [5.74, 6) is 0.765. The smallest absolute Gasteiger partial charge is 0.227 e. The molecule has 0 bridgehead atoms. The molecule has 1 atom stereocenters. The number of amides is 1. The molecule has 0 saturated carbocycles. The molecule has 2 aliphatic heterocycles. The third-order valence-corrected chi connectivity index (χ3v) is 6.59. The summed E-state index contributed by atoms with van der Waals surface area (Å²) in [6.07, 6.45) is 7.54. The van der Waals surface area contributed by atoms with E-state index in [1.54, 1.807) is 13.3 Å². The number of piperidine rings is 1. The molecular weight excluding hydrogens is 380 g/mol. The summed E-state index contributed by atoms with van der Waals surface area (Å²) < 4.78 is 31.1. The monoisotopic (exact) mass is 412 g/mol. The van der Waals surface area contributed by atoms with Crippen molar-refractivity contribution >= 4 is 15.7 Å². The fraction of sp³-hybridized carbons (Fsp3) is 0.789. The van der Waals surface area contributed by atoms with Crippen LogP contribution in [0.5, 0.6) is 0 Å². The molecule has 8 nitrogen and oxygen atoms in total. The van der Waals surface area contributed by atoms with E-state index in [1.807, 2.05) is 9.47 Å². The van der Waals surface area contributed by atoms with E-state index >= 15 is 0 Å². The first-order valence-electron chi connectivity index (χ1n) is 10.1. The fourth-order valence-electron chi connectivity index (χ4n) is 4.30. The minimum atomic E-state index is -3.37. The highest BCUT2D eigenvalue weighted by atomic mass is 32.2. The second kappa shape index (κ2) is 9.37. The van der Waals surface area contributed by atoms with Gasteiger partial charge < -0.3 is 14.2 Å². The van der Waals surface area contributed by atoms with E-state index in [2.05, 4.69) is 9.88 Å². The summed E-state index contributed by atoms with van der Waals surface area (Å²) >= 11 is 0. The largest absolute Gasteiger partial charge is 0.385 e. The minimum Gasteiger partial charge on any atom is -0.385 e. The molecule has 0 radical (unpaired) electrons. The van der Waals surface area contributed by atoms with Crippen LogP contribution in [0.2, 0.25) is 0 Å². The van der Waals surface area contributed by atoms with E-state index in [9.17, 15) is 13.2 Å². The Kier molecular flexibility index (Phi) is 7.11. The zero-order chi connectivity index (χ0) is 20.1. The van der Waals surface area contributed by atoms with Gasteiger partial charge in [-0.05, 0) is 38.1 Å². The number of sulfone groups is 1. The van der Waals surface area contributed by atoms with E-state index in [1.165, 1.54) is 6.26 Å². The highest BCUT2D eigenvalue weighted by Gasteiger charge is 2.28. The van der Waals surface area contributed by atoms with E-state index in [-0.39, 0.29) is 11.1 Å². The first-order chi connectivity index (χ1) is 13.4. The molecule has 158 valence electrons. The molecule has 0 aromatic carbocycles. The Morgan fingerprint density at radius 3 is 2.79 bits per heavy atom. The maximum Gasteiger partial charge on any atom is 0.227 e. The normalized spacial score (nSPS) is 21.6. The molecule has 3 rings (SSSR count). The summed E-state index contributed by atoms with van der Waals surface area (Å²) in [5, 5.41) is 0.134. The Bertz CT molecular complexity index is 777. The van der Waals surface area contributed by atoms with Crippen molar-refractivity contribution in [3.63, 3.8) is 0 Å². The Labute approximate surface area is 167 Å². The molecule has 1 amide bonds. The van der Waals surface area contributed by atoms with Gasteiger partial charge in [0.15, 0.2) is 0 Å². The quantitative estimate of drug-likeness (QED) is 0.566. The Morgan fingerprint density at radius 2 is 2.11 bits per heavy atom. The zero-order valence-corrected chi connectivity index (χ0v) is 17.8. The lowest BCUT2D eigenvalue weighted by atomic mass is 9.97. The molecule has 0 aliphatic carbocycles. The van der Waals surface area contributed by atoms with Crippen LogP contribution >= 0.6 is 0 Å². The van der Waals surface area contributed by atoms with Gasteiger partial charge in [0.05, 0.1) is 11.9 Å². The summed E-state index contributed by atoms with van der Waals surface area (Å²) in [7, 11) is -1.73. The van der Waals surface area contributed by atoms with Crippen LogP contribution in [0.15, 0.2) is 11.4 Å². The van der Waals surface area contributed by atoms with Crippen molar-refractivity contribution in [3.8, 4) is 0 Å². The first-order valence-corrected chi connectivity index (χ1v) is 12.0. The molecule has 1 aromatic heterocycles. The van der Waals surface area contributed by atoms with Crippen molar-refractivity contribution in [1.82, 2.24) is 19.4 Å². The number of rotatable bonds is 9. The number of ether oxygens (including phenoxy) is 1. The minimum absolute atomic E-state index is 0.134. The van der Waals surface area contributed by atoms with E-state index < -0.39 is 9.84 Å². The molecule has 1 aromatic rings. The Balaban J connectivity index is 1.66. The lowest BCUT2D eigenvalue weighted by Gasteiger charge is -2.34. The number of likely N-dealkylation sites (tertiary alicyclic amines) is 2. The molecule has 28 heavy (non-hydrogen) atoms. The fourth-order valence-corrected chi connectivity index (χ4v) is 5.16. The van der Waals surface area contributed by atoms with Crippen LogP contribution in [0.3, 0.4) is 0 Å². The third kappa shape index (κ3) is 5.33. The van der Waals surface area contributed by atoms with Crippen LogP contribution in [0.25, 0.3) is 0 Å². The maximum absolute atomic E-state index is 12.1. The van der Waals surface area contributed by atoms with Gasteiger partial charge in [-0.2, -0.15) is 0 Å². The molecule has 1 unspecified atom stereocenters. The zero-order valence-electron chi connectivity index (χ0n) is 17.0. The van der Waals surface area contributed by atoms with Gasteiger partial charge in [0, 0.05) is 59.1 Å². The van der Waals surface area contributed by atoms with Crippen LogP contribution in [-0.2, 0) is 32.5 Å². The molecule has 3 heterocycles. The number of imidazole rings is 1. The molecule has 0 N–H and O–H groups in total. The van der Waals surface area contributed by atoms with Gasteiger partial charge in [0.2, 0.25) is 20.9 Å². The summed E-state index contributed by atoms with van der Waals surface area (Å²) in [4.78, 5) is 20.5. The number of hydrogen-bond acceptors (Lipinski definition) is 6. The van der Waals surface area contributed by atoms with E-state index in [0.717, 1.165) is 57.6 Å². The molecule has 9 heteroatoms. The Hall–Kier alpha value is -1.45. The maximum atomic E-state index is 12.1. The van der Waals surface area contributed by atoms with E-state index in [4.69, 9.17) is 4.74 Å². The second-order valence-corrected chi connectivity index (χ2v) is 9.90. The van der Waals surface area contributed by atoms with Crippen molar-refractivity contribution in [2.24, 2.45) is 5.92 Å². The molecular formula is C19H32N4O4S. The van der Waals surface area contributed by atoms with Crippen molar-refractivity contribution in [1.29, 1.82) is 0 Å². The first kappa shape index (κ1) is 21.3. The van der Waals surface area contributed by atoms with Crippen LogP contribution < -0.4 is 0 Å². The van der Waals surface area contributed by atoms with Crippen LogP contribution in [0.1, 0.15) is 37.8 Å². The predicted octanol–water partition coefficient (Wildman–Crippen LogP) is 1.16. The van der Waals surface area contributed by atoms with Gasteiger partial charge in [-0.15, -0.1) is 0 Å². The summed E-state index contributed by atoms with van der Waals surface area (Å²) in [5.41, 5.74) is 0.925. The van der Waals surface area contributed by atoms with Crippen molar-refractivity contribution in [2.45, 2.75) is 50.4 Å². The number of methoxy groups -OCH3 is 1. The van der Waals surface area contributed by atoms with Gasteiger partial charge in [-0.1, -0.05) is 0 Å². The van der Waals surface area contributed by atoms with Crippen molar-refractivity contribution in [2.75, 3.05) is 46.2 Å². The van der Waals surface area contributed by atoms with Crippen LogP contribution in [-0.4, -0.2) is 79.8 Å². The standard InChI is InChI=1S/C19H32N4O4S/c1-27-11-5-10-23-17(12-20-19(23)28(2,25)26)15-21-8-3-6-16(13-21)14-22-9-4-7-18(22)24/h12,16H,3-11,13-15H2,1-2H3. The number of nitrogens with zero attached hydrogens (tertiary/aromatic N) is 4. The average Bonchev–Trinajstić information content (AvgIpc) is 3.22.